The van der Waals surface area contributed by atoms with Gasteiger partial charge in [-0.2, -0.15) is 0 Å². The normalized spacial score (nSPS) is 12.9. The van der Waals surface area contributed by atoms with Crippen molar-refractivity contribution in [3.05, 3.63) is 57.1 Å². The van der Waals surface area contributed by atoms with Crippen molar-refractivity contribution in [3.63, 3.8) is 0 Å². The molecule has 0 saturated heterocycles. The number of hydrogen-bond acceptors (Lipinski definition) is 3. The summed E-state index contributed by atoms with van der Waals surface area (Å²) in [4.78, 5) is -0.0772. The van der Waals surface area contributed by atoms with E-state index in [0.29, 0.717) is 5.75 Å². The molecule has 0 aliphatic rings. The van der Waals surface area contributed by atoms with E-state index in [0.717, 1.165) is 16.7 Å². The van der Waals surface area contributed by atoms with Gasteiger partial charge in [-0.05, 0) is 44.0 Å². The summed E-state index contributed by atoms with van der Waals surface area (Å²) in [5.74, 6) is 0.322. The second-order valence-electron chi connectivity index (χ2n) is 5.60. The lowest BCUT2D eigenvalue weighted by molar-refractivity contribution is 0.414. The Balaban J connectivity index is 2.36. The average Bonchev–Trinajstić information content (AvgIpc) is 2.49. The molecule has 130 valence electrons. The van der Waals surface area contributed by atoms with Crippen LogP contribution in [0.2, 0.25) is 10.0 Å². The van der Waals surface area contributed by atoms with E-state index < -0.39 is 16.1 Å². The van der Waals surface area contributed by atoms with Gasteiger partial charge in [-0.15, -0.1) is 0 Å². The van der Waals surface area contributed by atoms with E-state index in [2.05, 4.69) is 4.72 Å². The largest absolute Gasteiger partial charge is 0.495 e. The molecule has 7 heteroatoms. The molecular weight excluding hydrogens is 369 g/mol. The van der Waals surface area contributed by atoms with Gasteiger partial charge in [0.1, 0.15) is 15.7 Å². The van der Waals surface area contributed by atoms with E-state index in [-0.39, 0.29) is 14.9 Å². The summed E-state index contributed by atoms with van der Waals surface area (Å²) >= 11 is 12.2. The van der Waals surface area contributed by atoms with Gasteiger partial charge < -0.3 is 4.74 Å². The van der Waals surface area contributed by atoms with Crippen molar-refractivity contribution >= 4 is 33.2 Å². The predicted molar refractivity (Wildman–Crippen MR) is 97.7 cm³/mol. The molecule has 0 aromatic heterocycles. The van der Waals surface area contributed by atoms with Crippen molar-refractivity contribution in [3.8, 4) is 5.75 Å². The second kappa shape index (κ2) is 7.31. The van der Waals surface area contributed by atoms with Crippen molar-refractivity contribution in [2.24, 2.45) is 0 Å². The Hall–Kier alpha value is -1.27. The van der Waals surface area contributed by atoms with Crippen molar-refractivity contribution in [2.45, 2.75) is 31.7 Å². The van der Waals surface area contributed by atoms with Crippen molar-refractivity contribution in [1.82, 2.24) is 4.72 Å². The summed E-state index contributed by atoms with van der Waals surface area (Å²) in [5, 5.41) is 0.0116. The number of ether oxygens (including phenoxy) is 1. The zero-order chi connectivity index (χ0) is 18.1. The second-order valence-corrected chi connectivity index (χ2v) is 8.04. The number of sulfonamides is 1. The Bertz CT molecular complexity index is 866. The van der Waals surface area contributed by atoms with E-state index in [1.165, 1.54) is 19.2 Å². The van der Waals surface area contributed by atoms with Crippen molar-refractivity contribution in [2.75, 3.05) is 7.11 Å². The summed E-state index contributed by atoms with van der Waals surface area (Å²) < 4.78 is 33.0. The highest BCUT2D eigenvalue weighted by Crippen LogP contribution is 2.37. The number of hydrogen-bond donors (Lipinski definition) is 1. The van der Waals surface area contributed by atoms with Crippen LogP contribution in [0.25, 0.3) is 0 Å². The smallest absolute Gasteiger partial charge is 0.242 e. The molecular formula is C17H19Cl2NO3S. The van der Waals surface area contributed by atoms with Gasteiger partial charge in [0.25, 0.3) is 0 Å². The average molecular weight is 388 g/mol. The molecule has 0 aliphatic carbocycles. The van der Waals surface area contributed by atoms with Gasteiger partial charge in [0, 0.05) is 6.04 Å². The lowest BCUT2D eigenvalue weighted by Gasteiger charge is -2.18. The quantitative estimate of drug-likeness (QED) is 0.811. The molecule has 0 amide bonds. The molecule has 1 N–H and O–H groups in total. The molecule has 4 nitrogen and oxygen atoms in total. The monoisotopic (exact) mass is 387 g/mol. The third-order valence-corrected chi connectivity index (χ3v) is 6.30. The Morgan fingerprint density at radius 3 is 2.33 bits per heavy atom. The van der Waals surface area contributed by atoms with Gasteiger partial charge in [0.15, 0.2) is 0 Å². The zero-order valence-corrected chi connectivity index (χ0v) is 16.2. The van der Waals surface area contributed by atoms with E-state index in [4.69, 9.17) is 27.9 Å². The third kappa shape index (κ3) is 3.86. The summed E-state index contributed by atoms with van der Waals surface area (Å²) in [7, 11) is -2.40. The van der Waals surface area contributed by atoms with E-state index >= 15 is 0 Å². The van der Waals surface area contributed by atoms with Crippen LogP contribution in [0.15, 0.2) is 35.2 Å². The van der Waals surface area contributed by atoms with Crippen LogP contribution >= 0.6 is 23.2 Å². The highest BCUT2D eigenvalue weighted by molar-refractivity contribution is 7.89. The standard InChI is InChI=1S/C17H19Cl2NO3S/c1-10-5-6-13(11(2)9-10)12(3)20-24(21,22)15-8-7-14(23-4)16(18)17(15)19/h5-9,12,20H,1-4H3/t12-/m1/s1. The molecule has 0 fully saturated rings. The van der Waals surface area contributed by atoms with Crippen LogP contribution in [0.4, 0.5) is 0 Å². The number of aryl methyl sites for hydroxylation is 2. The molecule has 2 aromatic carbocycles. The lowest BCUT2D eigenvalue weighted by atomic mass is 10.0. The molecule has 24 heavy (non-hydrogen) atoms. The molecule has 0 aliphatic heterocycles. The first-order valence-corrected chi connectivity index (χ1v) is 9.52. The minimum atomic E-state index is -3.83. The van der Waals surface area contributed by atoms with Crippen molar-refractivity contribution in [1.29, 1.82) is 0 Å². The molecule has 0 saturated carbocycles. The van der Waals surface area contributed by atoms with Crippen LogP contribution in [0.1, 0.15) is 29.7 Å². The third-order valence-electron chi connectivity index (χ3n) is 3.74. The molecule has 0 bridgehead atoms. The fourth-order valence-corrected chi connectivity index (χ4v) is 4.61. The Morgan fingerprint density at radius 2 is 1.75 bits per heavy atom. The fraction of sp³-hybridized carbons (Fsp3) is 0.294. The van der Waals surface area contributed by atoms with Gasteiger partial charge in [0.05, 0.1) is 12.1 Å². The highest BCUT2D eigenvalue weighted by Gasteiger charge is 2.24. The van der Waals surface area contributed by atoms with E-state index in [9.17, 15) is 8.42 Å². The topological polar surface area (TPSA) is 55.4 Å². The van der Waals surface area contributed by atoms with Gasteiger partial charge in [0.2, 0.25) is 10.0 Å². The van der Waals surface area contributed by atoms with Gasteiger partial charge in [-0.3, -0.25) is 0 Å². The molecule has 0 unspecified atom stereocenters. The predicted octanol–water partition coefficient (Wildman–Crippen LogP) is 4.66. The Kier molecular flexibility index (Phi) is 5.81. The zero-order valence-electron chi connectivity index (χ0n) is 13.9. The first-order valence-electron chi connectivity index (χ1n) is 7.29. The first kappa shape index (κ1) is 19.1. The van der Waals surface area contributed by atoms with Crippen LogP contribution in [0.3, 0.4) is 0 Å². The van der Waals surface area contributed by atoms with E-state index in [1.807, 2.05) is 32.0 Å². The molecule has 0 heterocycles. The fourth-order valence-electron chi connectivity index (χ4n) is 2.55. The van der Waals surface area contributed by atoms with Crippen LogP contribution in [0, 0.1) is 13.8 Å². The SMILES string of the molecule is COc1ccc(S(=O)(=O)N[C@H](C)c2ccc(C)cc2C)c(Cl)c1Cl. The number of rotatable bonds is 5. The van der Waals surface area contributed by atoms with Gasteiger partial charge >= 0.3 is 0 Å². The summed E-state index contributed by atoms with van der Waals surface area (Å²) in [6.07, 6.45) is 0. The van der Waals surface area contributed by atoms with Crippen molar-refractivity contribution < 1.29 is 13.2 Å². The van der Waals surface area contributed by atoms with Crippen LogP contribution in [-0.4, -0.2) is 15.5 Å². The molecule has 2 rings (SSSR count). The number of methoxy groups -OCH3 is 1. The maximum Gasteiger partial charge on any atom is 0.242 e. The van der Waals surface area contributed by atoms with Crippen LogP contribution < -0.4 is 9.46 Å². The number of nitrogens with one attached hydrogen (secondary N) is 1. The molecule has 2 aromatic rings. The maximum absolute atomic E-state index is 12.7. The maximum atomic E-state index is 12.7. The van der Waals surface area contributed by atoms with E-state index in [1.54, 1.807) is 6.92 Å². The minimum absolute atomic E-state index is 0.0589. The van der Waals surface area contributed by atoms with Crippen LogP contribution in [0.5, 0.6) is 5.75 Å². The van der Waals surface area contributed by atoms with Crippen LogP contribution in [-0.2, 0) is 10.0 Å². The molecule has 0 spiro atoms. The highest BCUT2D eigenvalue weighted by atomic mass is 35.5. The Labute approximate surface area is 152 Å². The van der Waals surface area contributed by atoms with Gasteiger partial charge in [-0.25, -0.2) is 13.1 Å². The van der Waals surface area contributed by atoms with Gasteiger partial charge in [-0.1, -0.05) is 47.0 Å². The first-order chi connectivity index (χ1) is 11.2. The Morgan fingerprint density at radius 1 is 1.08 bits per heavy atom. The molecule has 0 radical (unpaired) electrons. The summed E-state index contributed by atoms with van der Waals surface area (Å²) in [6, 6.07) is 8.32. The summed E-state index contributed by atoms with van der Waals surface area (Å²) in [5.41, 5.74) is 3.04. The number of halogens is 2. The molecule has 1 atom stereocenters. The lowest BCUT2D eigenvalue weighted by Crippen LogP contribution is -2.27. The minimum Gasteiger partial charge on any atom is -0.495 e. The summed E-state index contributed by atoms with van der Waals surface area (Å²) in [6.45, 7) is 5.73. The number of benzene rings is 2.